The van der Waals surface area contributed by atoms with Gasteiger partial charge in [-0.1, -0.05) is 26.0 Å². The van der Waals surface area contributed by atoms with Gasteiger partial charge in [0.1, 0.15) is 17.6 Å². The lowest BCUT2D eigenvalue weighted by atomic mass is 9.42. The number of aromatic nitrogens is 3. The van der Waals surface area contributed by atoms with Gasteiger partial charge in [-0.05, 0) is 124 Å². The SMILES string of the molecule is CC[C@]12CC[C@@](C)(O)C[C@H]1CC[C@H]1[C@@H]3CC[C@H](C(=O)Cn4nc5cccc(C)c5n4)[C@@]3(C)CC[C@@H]12. The largest absolute Gasteiger partial charge is 0.390 e. The summed E-state index contributed by atoms with van der Waals surface area (Å²) in [5, 5.41) is 20.1. The highest BCUT2D eigenvalue weighted by Gasteiger charge is 2.62. The molecule has 1 heterocycles. The Bertz CT molecular complexity index is 1140. The number of rotatable bonds is 4. The van der Waals surface area contributed by atoms with E-state index in [1.54, 1.807) is 4.80 Å². The number of aliphatic hydroxyl groups is 1. The predicted octanol–water partition coefficient (Wildman–Crippen LogP) is 6.11. The van der Waals surface area contributed by atoms with Crippen LogP contribution in [0.1, 0.15) is 90.5 Å². The maximum absolute atomic E-state index is 13.7. The minimum atomic E-state index is -0.478. The van der Waals surface area contributed by atoms with Gasteiger partial charge in [0.15, 0.2) is 5.78 Å². The zero-order chi connectivity index (χ0) is 24.6. The molecule has 0 bridgehead atoms. The molecule has 2 aromatic rings. The van der Waals surface area contributed by atoms with Crippen molar-refractivity contribution in [1.82, 2.24) is 15.0 Å². The number of aryl methyl sites for hydroxylation is 1. The molecule has 0 unspecified atom stereocenters. The fourth-order valence-corrected chi connectivity index (χ4v) is 9.91. The Morgan fingerprint density at radius 2 is 1.89 bits per heavy atom. The van der Waals surface area contributed by atoms with Gasteiger partial charge in [0.2, 0.25) is 0 Å². The van der Waals surface area contributed by atoms with Crippen LogP contribution in [-0.2, 0) is 11.3 Å². The quantitative estimate of drug-likeness (QED) is 0.577. The van der Waals surface area contributed by atoms with Crippen molar-refractivity contribution in [1.29, 1.82) is 0 Å². The van der Waals surface area contributed by atoms with Gasteiger partial charge in [-0.2, -0.15) is 15.0 Å². The minimum Gasteiger partial charge on any atom is -0.390 e. The van der Waals surface area contributed by atoms with E-state index in [1.807, 2.05) is 12.1 Å². The van der Waals surface area contributed by atoms with Gasteiger partial charge in [0.05, 0.1) is 5.60 Å². The van der Waals surface area contributed by atoms with Crippen molar-refractivity contribution >= 4 is 16.8 Å². The molecule has 4 aliphatic rings. The van der Waals surface area contributed by atoms with Crippen molar-refractivity contribution in [3.63, 3.8) is 0 Å². The molecular weight excluding hydrogens is 434 g/mol. The highest BCUT2D eigenvalue weighted by molar-refractivity contribution is 5.82. The Hall–Kier alpha value is -1.75. The molecule has 5 heteroatoms. The van der Waals surface area contributed by atoms with E-state index < -0.39 is 5.60 Å². The van der Waals surface area contributed by atoms with Crippen molar-refractivity contribution in [2.75, 3.05) is 0 Å². The van der Waals surface area contributed by atoms with E-state index in [9.17, 15) is 9.90 Å². The summed E-state index contributed by atoms with van der Waals surface area (Å²) in [7, 11) is 0. The van der Waals surface area contributed by atoms with Gasteiger partial charge < -0.3 is 5.11 Å². The number of benzene rings is 1. The summed E-state index contributed by atoms with van der Waals surface area (Å²) in [4.78, 5) is 15.3. The van der Waals surface area contributed by atoms with Crippen molar-refractivity contribution in [2.45, 2.75) is 104 Å². The Kier molecular flexibility index (Phi) is 5.49. The summed E-state index contributed by atoms with van der Waals surface area (Å²) in [6.07, 6.45) is 11.6. The van der Waals surface area contributed by atoms with E-state index in [1.165, 1.54) is 44.9 Å². The van der Waals surface area contributed by atoms with Crippen LogP contribution in [-0.4, -0.2) is 31.5 Å². The van der Waals surface area contributed by atoms with Crippen LogP contribution in [0.5, 0.6) is 0 Å². The van der Waals surface area contributed by atoms with E-state index in [4.69, 9.17) is 0 Å². The molecule has 1 aromatic heterocycles. The summed E-state index contributed by atoms with van der Waals surface area (Å²) >= 11 is 0. The molecule has 6 rings (SSSR count). The molecule has 190 valence electrons. The third-order valence-electron chi connectivity index (χ3n) is 11.7. The Labute approximate surface area is 210 Å². The molecule has 1 N–H and O–H groups in total. The van der Waals surface area contributed by atoms with Crippen LogP contribution in [0.25, 0.3) is 11.0 Å². The highest BCUT2D eigenvalue weighted by Crippen LogP contribution is 2.69. The molecule has 35 heavy (non-hydrogen) atoms. The summed E-state index contributed by atoms with van der Waals surface area (Å²) in [5.41, 5.74) is 2.94. The second-order valence-corrected chi connectivity index (χ2v) is 13.3. The van der Waals surface area contributed by atoms with E-state index in [2.05, 4.69) is 44.0 Å². The second kappa shape index (κ2) is 8.13. The standard InChI is InChI=1S/C30H43N3O2/c1-5-30-16-15-28(3,35)17-20(30)9-10-21-22-11-12-24(29(22,4)14-13-23(21)30)26(34)18-33-31-25-8-6-7-19(2)27(25)32-33/h6-8,20-24,35H,5,9-18H2,1-4H3/t20-,21+,22+,23+,24-,28-,29+,30+/m1/s1. The first kappa shape index (κ1) is 23.6. The minimum absolute atomic E-state index is 0.114. The van der Waals surface area contributed by atoms with E-state index in [-0.39, 0.29) is 11.3 Å². The lowest BCUT2D eigenvalue weighted by Gasteiger charge is -2.63. The van der Waals surface area contributed by atoms with Crippen LogP contribution in [0.4, 0.5) is 0 Å². The molecule has 0 amide bonds. The first-order valence-corrected chi connectivity index (χ1v) is 14.2. The third-order valence-corrected chi connectivity index (χ3v) is 11.7. The number of carbonyl (C=O) groups is 1. The number of nitrogens with zero attached hydrogens (tertiary/aromatic N) is 3. The Balaban J connectivity index is 1.22. The normalized spacial score (nSPS) is 42.9. The maximum atomic E-state index is 13.7. The number of carbonyl (C=O) groups excluding carboxylic acids is 1. The highest BCUT2D eigenvalue weighted by atomic mass is 16.3. The monoisotopic (exact) mass is 477 g/mol. The van der Waals surface area contributed by atoms with Crippen molar-refractivity contribution in [3.8, 4) is 0 Å². The van der Waals surface area contributed by atoms with Crippen LogP contribution in [0.15, 0.2) is 18.2 Å². The number of hydrogen-bond donors (Lipinski definition) is 1. The molecule has 8 atom stereocenters. The fraction of sp³-hybridized carbons (Fsp3) is 0.767. The summed E-state index contributed by atoms with van der Waals surface area (Å²) in [6.45, 7) is 9.26. The Morgan fingerprint density at radius 3 is 2.66 bits per heavy atom. The molecule has 4 aliphatic carbocycles. The molecule has 4 fully saturated rings. The number of hydrogen-bond acceptors (Lipinski definition) is 4. The lowest BCUT2D eigenvalue weighted by molar-refractivity contribution is -0.158. The molecule has 0 aliphatic heterocycles. The number of fused-ring (bicyclic) bond motifs is 6. The smallest absolute Gasteiger partial charge is 0.159 e. The van der Waals surface area contributed by atoms with E-state index in [0.29, 0.717) is 29.6 Å². The predicted molar refractivity (Wildman–Crippen MR) is 138 cm³/mol. The number of Topliss-reactive ketones (excluding diaryl/α,β-unsaturated/α-hetero) is 1. The average Bonchev–Trinajstić information content (AvgIpc) is 3.39. The van der Waals surface area contributed by atoms with Crippen LogP contribution >= 0.6 is 0 Å². The van der Waals surface area contributed by atoms with E-state index >= 15 is 0 Å². The zero-order valence-electron chi connectivity index (χ0n) is 22.1. The molecule has 0 saturated heterocycles. The molecule has 0 radical (unpaired) electrons. The van der Waals surface area contributed by atoms with Crippen LogP contribution in [0.3, 0.4) is 0 Å². The molecular formula is C30H43N3O2. The molecule has 5 nitrogen and oxygen atoms in total. The summed E-state index contributed by atoms with van der Waals surface area (Å²) < 4.78 is 0. The van der Waals surface area contributed by atoms with Crippen molar-refractivity contribution in [3.05, 3.63) is 23.8 Å². The van der Waals surface area contributed by atoms with Crippen molar-refractivity contribution < 1.29 is 9.90 Å². The second-order valence-electron chi connectivity index (χ2n) is 13.3. The summed E-state index contributed by atoms with van der Waals surface area (Å²) in [5.74, 6) is 3.32. The van der Waals surface area contributed by atoms with Crippen LogP contribution in [0, 0.1) is 47.3 Å². The number of ketones is 1. The van der Waals surface area contributed by atoms with Gasteiger partial charge in [-0.15, -0.1) is 0 Å². The van der Waals surface area contributed by atoms with Crippen molar-refractivity contribution in [2.24, 2.45) is 40.4 Å². The molecule has 0 spiro atoms. The lowest BCUT2D eigenvalue weighted by Crippen LogP contribution is -2.56. The van der Waals surface area contributed by atoms with Gasteiger partial charge >= 0.3 is 0 Å². The van der Waals surface area contributed by atoms with Crippen LogP contribution in [0.2, 0.25) is 0 Å². The van der Waals surface area contributed by atoms with Gasteiger partial charge in [-0.25, -0.2) is 0 Å². The molecule has 1 aromatic carbocycles. The van der Waals surface area contributed by atoms with Gasteiger partial charge in [0.25, 0.3) is 0 Å². The van der Waals surface area contributed by atoms with Gasteiger partial charge in [-0.3, -0.25) is 4.79 Å². The fourth-order valence-electron chi connectivity index (χ4n) is 9.91. The molecule has 4 saturated carbocycles. The average molecular weight is 478 g/mol. The topological polar surface area (TPSA) is 68.0 Å². The third kappa shape index (κ3) is 3.54. The van der Waals surface area contributed by atoms with Crippen LogP contribution < -0.4 is 0 Å². The summed E-state index contributed by atoms with van der Waals surface area (Å²) in [6, 6.07) is 6.04. The zero-order valence-corrected chi connectivity index (χ0v) is 22.1. The maximum Gasteiger partial charge on any atom is 0.159 e. The first-order valence-electron chi connectivity index (χ1n) is 14.2. The first-order chi connectivity index (χ1) is 16.7. The van der Waals surface area contributed by atoms with E-state index in [0.717, 1.165) is 47.7 Å². The van der Waals surface area contributed by atoms with Gasteiger partial charge in [0, 0.05) is 5.92 Å². The Morgan fingerprint density at radius 1 is 1.06 bits per heavy atom.